The van der Waals surface area contributed by atoms with Gasteiger partial charge in [0, 0.05) is 30.0 Å². The van der Waals surface area contributed by atoms with E-state index in [1.165, 1.54) is 29.5 Å². The van der Waals surface area contributed by atoms with Crippen molar-refractivity contribution in [3.8, 4) is 10.6 Å². The quantitative estimate of drug-likeness (QED) is 0.691. The molecule has 2 aromatic heterocycles. The van der Waals surface area contributed by atoms with Crippen LogP contribution in [-0.4, -0.2) is 17.4 Å². The average Bonchev–Trinajstić information content (AvgIpc) is 3.25. The van der Waals surface area contributed by atoms with E-state index in [-0.39, 0.29) is 11.7 Å². The monoisotopic (exact) mass is 342 g/mol. The second kappa shape index (κ2) is 7.70. The molecule has 0 atom stereocenters. The van der Waals surface area contributed by atoms with Gasteiger partial charge in [-0.05, 0) is 42.5 Å². The fourth-order valence-electron chi connectivity index (χ4n) is 2.06. The van der Waals surface area contributed by atoms with E-state index in [2.05, 4.69) is 10.3 Å². The maximum Gasteiger partial charge on any atom is 0.244 e. The Kier molecular flexibility index (Phi) is 5.18. The van der Waals surface area contributed by atoms with Crippen molar-refractivity contribution < 1.29 is 13.6 Å². The van der Waals surface area contributed by atoms with Crippen LogP contribution in [0.3, 0.4) is 0 Å². The molecule has 0 spiro atoms. The third-order valence-corrected chi connectivity index (χ3v) is 4.21. The number of thiazole rings is 1. The Labute approximate surface area is 142 Å². The van der Waals surface area contributed by atoms with Crippen LogP contribution < -0.4 is 5.32 Å². The Morgan fingerprint density at radius 2 is 2.12 bits per heavy atom. The topological polar surface area (TPSA) is 55.1 Å². The van der Waals surface area contributed by atoms with Crippen molar-refractivity contribution in [3.05, 3.63) is 71.4 Å². The normalized spacial score (nSPS) is 11.0. The molecule has 0 radical (unpaired) electrons. The molecule has 1 amide bonds. The number of benzene rings is 1. The lowest BCUT2D eigenvalue weighted by atomic mass is 10.2. The number of nitrogens with one attached hydrogen (secondary N) is 1. The first kappa shape index (κ1) is 16.1. The molecule has 1 N–H and O–H groups in total. The van der Waals surface area contributed by atoms with Gasteiger partial charge in [0.05, 0.1) is 12.0 Å². The first-order chi connectivity index (χ1) is 11.7. The van der Waals surface area contributed by atoms with Crippen molar-refractivity contribution in [2.75, 3.05) is 6.54 Å². The fraction of sp³-hybridized carbons (Fsp3) is 0.111. The molecule has 0 fully saturated rings. The lowest BCUT2D eigenvalue weighted by Crippen LogP contribution is -2.23. The Hall–Kier alpha value is -2.73. The molecule has 0 unspecified atom stereocenters. The molecule has 122 valence electrons. The van der Waals surface area contributed by atoms with E-state index in [0.717, 1.165) is 16.3 Å². The summed E-state index contributed by atoms with van der Waals surface area (Å²) in [4.78, 5) is 16.2. The maximum absolute atomic E-state index is 12.9. The minimum Gasteiger partial charge on any atom is -0.465 e. The molecule has 6 heteroatoms. The van der Waals surface area contributed by atoms with E-state index < -0.39 is 0 Å². The van der Waals surface area contributed by atoms with E-state index in [9.17, 15) is 9.18 Å². The summed E-state index contributed by atoms with van der Waals surface area (Å²) in [6, 6.07) is 9.79. The Morgan fingerprint density at radius 1 is 1.29 bits per heavy atom. The van der Waals surface area contributed by atoms with Gasteiger partial charge in [-0.3, -0.25) is 4.79 Å². The van der Waals surface area contributed by atoms with E-state index in [1.54, 1.807) is 36.6 Å². The van der Waals surface area contributed by atoms with Crippen LogP contribution in [0.15, 0.2) is 58.5 Å². The third kappa shape index (κ3) is 4.39. The molecule has 24 heavy (non-hydrogen) atoms. The van der Waals surface area contributed by atoms with Crippen molar-refractivity contribution in [3.63, 3.8) is 0 Å². The minimum atomic E-state index is -0.263. The number of carbonyl (C=O) groups is 1. The first-order valence-corrected chi connectivity index (χ1v) is 8.28. The zero-order chi connectivity index (χ0) is 16.8. The highest BCUT2D eigenvalue weighted by atomic mass is 32.1. The van der Waals surface area contributed by atoms with Crippen LogP contribution in [0, 0.1) is 5.82 Å². The summed E-state index contributed by atoms with van der Waals surface area (Å²) in [5, 5.41) is 5.59. The smallest absolute Gasteiger partial charge is 0.244 e. The molecule has 0 aliphatic heterocycles. The molecule has 0 aliphatic carbocycles. The number of rotatable bonds is 6. The number of hydrogen-bond acceptors (Lipinski definition) is 4. The Morgan fingerprint density at radius 3 is 2.88 bits per heavy atom. The van der Waals surface area contributed by atoms with Gasteiger partial charge in [0.15, 0.2) is 0 Å². The zero-order valence-electron chi connectivity index (χ0n) is 12.7. The Bertz CT molecular complexity index is 823. The molecule has 0 saturated carbocycles. The van der Waals surface area contributed by atoms with E-state index in [1.807, 2.05) is 5.38 Å². The molecule has 0 saturated heterocycles. The zero-order valence-corrected chi connectivity index (χ0v) is 13.6. The SMILES string of the molecule is O=C(/C=C/c1ccco1)NCCc1csc(-c2ccc(F)cc2)n1. The largest absolute Gasteiger partial charge is 0.465 e. The average molecular weight is 342 g/mol. The van der Waals surface area contributed by atoms with E-state index >= 15 is 0 Å². The van der Waals surface area contributed by atoms with Crippen LogP contribution in [0.2, 0.25) is 0 Å². The molecule has 2 heterocycles. The van der Waals surface area contributed by atoms with E-state index in [0.29, 0.717) is 18.7 Å². The number of carbonyl (C=O) groups excluding carboxylic acids is 1. The fourth-order valence-corrected chi connectivity index (χ4v) is 2.92. The van der Waals surface area contributed by atoms with Gasteiger partial charge < -0.3 is 9.73 Å². The molecular weight excluding hydrogens is 327 g/mol. The highest BCUT2D eigenvalue weighted by Gasteiger charge is 2.05. The lowest BCUT2D eigenvalue weighted by molar-refractivity contribution is -0.116. The molecule has 0 aliphatic rings. The summed E-state index contributed by atoms with van der Waals surface area (Å²) in [6.07, 6.45) is 5.24. The second-order valence-corrected chi connectivity index (χ2v) is 5.90. The van der Waals surface area contributed by atoms with Gasteiger partial charge in [0.1, 0.15) is 16.6 Å². The van der Waals surface area contributed by atoms with Gasteiger partial charge >= 0.3 is 0 Å². The second-order valence-electron chi connectivity index (χ2n) is 5.04. The van der Waals surface area contributed by atoms with Gasteiger partial charge in [0.2, 0.25) is 5.91 Å². The summed E-state index contributed by atoms with van der Waals surface area (Å²) in [7, 11) is 0. The summed E-state index contributed by atoms with van der Waals surface area (Å²) < 4.78 is 18.0. The summed E-state index contributed by atoms with van der Waals surface area (Å²) in [6.45, 7) is 0.494. The van der Waals surface area contributed by atoms with Crippen molar-refractivity contribution in [2.24, 2.45) is 0 Å². The van der Waals surface area contributed by atoms with Crippen LogP contribution in [0.5, 0.6) is 0 Å². The van der Waals surface area contributed by atoms with Crippen LogP contribution >= 0.6 is 11.3 Å². The molecule has 0 bridgehead atoms. The molecule has 1 aromatic carbocycles. The molecule has 4 nitrogen and oxygen atoms in total. The van der Waals surface area contributed by atoms with Crippen molar-refractivity contribution >= 4 is 23.3 Å². The van der Waals surface area contributed by atoms with Crippen LogP contribution in [0.25, 0.3) is 16.6 Å². The minimum absolute atomic E-state index is 0.180. The van der Waals surface area contributed by atoms with Gasteiger partial charge in [-0.15, -0.1) is 11.3 Å². The standard InChI is InChI=1S/C18H15FN2O2S/c19-14-5-3-13(4-6-14)18-21-15(12-24-18)9-10-20-17(22)8-7-16-2-1-11-23-16/h1-8,11-12H,9-10H2,(H,20,22)/b8-7+. The molecule has 3 aromatic rings. The highest BCUT2D eigenvalue weighted by Crippen LogP contribution is 2.23. The summed E-state index contributed by atoms with van der Waals surface area (Å²) in [5.41, 5.74) is 1.78. The van der Waals surface area contributed by atoms with Crippen LogP contribution in [0.4, 0.5) is 4.39 Å². The van der Waals surface area contributed by atoms with Crippen LogP contribution in [0.1, 0.15) is 11.5 Å². The highest BCUT2D eigenvalue weighted by molar-refractivity contribution is 7.13. The predicted molar refractivity (Wildman–Crippen MR) is 92.0 cm³/mol. The summed E-state index contributed by atoms with van der Waals surface area (Å²) >= 11 is 1.50. The van der Waals surface area contributed by atoms with Crippen molar-refractivity contribution in [1.82, 2.24) is 10.3 Å². The van der Waals surface area contributed by atoms with Gasteiger partial charge in [0.25, 0.3) is 0 Å². The van der Waals surface area contributed by atoms with Gasteiger partial charge in [-0.25, -0.2) is 9.37 Å². The summed E-state index contributed by atoms with van der Waals surface area (Å²) in [5.74, 6) is 0.190. The van der Waals surface area contributed by atoms with Gasteiger partial charge in [-0.1, -0.05) is 0 Å². The number of nitrogens with zero attached hydrogens (tertiary/aromatic N) is 1. The van der Waals surface area contributed by atoms with E-state index in [4.69, 9.17) is 4.42 Å². The number of amides is 1. The predicted octanol–water partition coefficient (Wildman–Crippen LogP) is 3.91. The number of hydrogen-bond donors (Lipinski definition) is 1. The number of halogens is 1. The van der Waals surface area contributed by atoms with Crippen molar-refractivity contribution in [1.29, 1.82) is 0 Å². The van der Waals surface area contributed by atoms with Crippen molar-refractivity contribution in [2.45, 2.75) is 6.42 Å². The van der Waals surface area contributed by atoms with Crippen LogP contribution in [-0.2, 0) is 11.2 Å². The maximum atomic E-state index is 12.9. The lowest BCUT2D eigenvalue weighted by Gasteiger charge is -2.00. The van der Waals surface area contributed by atoms with Gasteiger partial charge in [-0.2, -0.15) is 0 Å². The third-order valence-electron chi connectivity index (χ3n) is 3.27. The number of aromatic nitrogens is 1. The number of furan rings is 1. The molecular formula is C18H15FN2O2S. The Balaban J connectivity index is 1.49. The molecule has 3 rings (SSSR count). The first-order valence-electron chi connectivity index (χ1n) is 7.40.